The molecule has 2 aromatic rings. The number of halogens is 2. The molecule has 2 N–H and O–H groups in total. The van der Waals surface area contributed by atoms with Gasteiger partial charge in [0.2, 0.25) is 0 Å². The molecule has 0 unspecified atom stereocenters. The molecule has 19 heavy (non-hydrogen) atoms. The summed E-state index contributed by atoms with van der Waals surface area (Å²) in [6.07, 6.45) is 1.68. The van der Waals surface area contributed by atoms with Gasteiger partial charge in [-0.3, -0.25) is 0 Å². The highest BCUT2D eigenvalue weighted by atomic mass is 79.9. The lowest BCUT2D eigenvalue weighted by atomic mass is 10.2. The highest BCUT2D eigenvalue weighted by molar-refractivity contribution is 9.10. The van der Waals surface area contributed by atoms with E-state index in [-0.39, 0.29) is 5.82 Å². The molecule has 0 aliphatic carbocycles. The lowest BCUT2D eigenvalue weighted by molar-refractivity contribution is 0.625. The number of thiocarbonyl (C=S) groups is 1. The van der Waals surface area contributed by atoms with Crippen molar-refractivity contribution in [1.29, 1.82) is 0 Å². The standard InChI is InChI=1S/C13H11BrFN3S/c14-10-4-5-12(16-8-10)18-13(19)17-7-9-2-1-3-11(15)6-9/h1-6,8H,7H2,(H2,16,17,18,19). The van der Waals surface area contributed by atoms with Gasteiger partial charge in [0.05, 0.1) is 0 Å². The van der Waals surface area contributed by atoms with E-state index in [1.54, 1.807) is 18.3 Å². The van der Waals surface area contributed by atoms with Crippen LogP contribution >= 0.6 is 28.1 Å². The summed E-state index contributed by atoms with van der Waals surface area (Å²) in [5.41, 5.74) is 0.827. The van der Waals surface area contributed by atoms with E-state index in [1.165, 1.54) is 12.1 Å². The van der Waals surface area contributed by atoms with Crippen LogP contribution in [0.25, 0.3) is 0 Å². The molecular weight excluding hydrogens is 329 g/mol. The Bertz CT molecular complexity index is 574. The summed E-state index contributed by atoms with van der Waals surface area (Å²) in [4.78, 5) is 4.14. The third kappa shape index (κ3) is 4.57. The van der Waals surface area contributed by atoms with Crippen molar-refractivity contribution in [1.82, 2.24) is 10.3 Å². The van der Waals surface area contributed by atoms with Crippen molar-refractivity contribution in [3.8, 4) is 0 Å². The van der Waals surface area contributed by atoms with Crippen LogP contribution < -0.4 is 10.6 Å². The molecule has 1 heterocycles. The van der Waals surface area contributed by atoms with Gasteiger partial charge in [0.15, 0.2) is 5.11 Å². The zero-order chi connectivity index (χ0) is 13.7. The molecule has 1 aromatic heterocycles. The Morgan fingerprint density at radius 3 is 2.84 bits per heavy atom. The van der Waals surface area contributed by atoms with Crippen LogP contribution in [0.5, 0.6) is 0 Å². The first-order valence-electron chi connectivity index (χ1n) is 5.54. The second-order valence-corrected chi connectivity index (χ2v) is 5.12. The third-order valence-corrected chi connectivity index (χ3v) is 3.03. The van der Waals surface area contributed by atoms with Crippen molar-refractivity contribution >= 4 is 39.1 Å². The van der Waals surface area contributed by atoms with Crippen LogP contribution in [-0.4, -0.2) is 10.1 Å². The van der Waals surface area contributed by atoms with Crippen LogP contribution in [0.1, 0.15) is 5.56 Å². The van der Waals surface area contributed by atoms with Gasteiger partial charge in [-0.1, -0.05) is 12.1 Å². The number of nitrogens with one attached hydrogen (secondary N) is 2. The van der Waals surface area contributed by atoms with E-state index in [0.29, 0.717) is 17.5 Å². The summed E-state index contributed by atoms with van der Waals surface area (Å²) in [7, 11) is 0. The number of anilines is 1. The Balaban J connectivity index is 1.86. The van der Waals surface area contributed by atoms with E-state index in [9.17, 15) is 4.39 Å². The van der Waals surface area contributed by atoms with Crippen LogP contribution in [0.15, 0.2) is 47.1 Å². The third-order valence-electron chi connectivity index (χ3n) is 2.31. The topological polar surface area (TPSA) is 37.0 Å². The molecular formula is C13H11BrFN3S. The van der Waals surface area contributed by atoms with Crippen LogP contribution in [0.4, 0.5) is 10.2 Å². The first-order valence-corrected chi connectivity index (χ1v) is 6.74. The fraction of sp³-hybridized carbons (Fsp3) is 0.0769. The molecule has 0 spiro atoms. The first-order chi connectivity index (χ1) is 9.13. The fourth-order valence-electron chi connectivity index (χ4n) is 1.44. The largest absolute Gasteiger partial charge is 0.358 e. The van der Waals surface area contributed by atoms with E-state index >= 15 is 0 Å². The molecule has 0 radical (unpaired) electrons. The van der Waals surface area contributed by atoms with E-state index in [2.05, 4.69) is 31.5 Å². The number of pyridine rings is 1. The molecule has 3 nitrogen and oxygen atoms in total. The zero-order valence-electron chi connectivity index (χ0n) is 9.86. The predicted octanol–water partition coefficient (Wildman–Crippen LogP) is 3.47. The zero-order valence-corrected chi connectivity index (χ0v) is 12.3. The second-order valence-electron chi connectivity index (χ2n) is 3.80. The molecule has 0 fully saturated rings. The normalized spacial score (nSPS) is 10.0. The van der Waals surface area contributed by atoms with E-state index in [1.807, 2.05) is 12.1 Å². The van der Waals surface area contributed by atoms with Crippen molar-refractivity contribution < 1.29 is 4.39 Å². The number of nitrogens with zero attached hydrogens (tertiary/aromatic N) is 1. The number of aromatic nitrogens is 1. The van der Waals surface area contributed by atoms with Crippen molar-refractivity contribution in [2.24, 2.45) is 0 Å². The minimum atomic E-state index is -0.257. The maximum absolute atomic E-state index is 13.0. The lowest BCUT2D eigenvalue weighted by Gasteiger charge is -2.10. The van der Waals surface area contributed by atoms with Gasteiger partial charge in [-0.25, -0.2) is 9.37 Å². The molecule has 0 atom stereocenters. The maximum atomic E-state index is 13.0. The van der Waals surface area contributed by atoms with Crippen molar-refractivity contribution in [3.63, 3.8) is 0 Å². The highest BCUT2D eigenvalue weighted by Crippen LogP contribution is 2.10. The van der Waals surface area contributed by atoms with Gasteiger partial charge >= 0.3 is 0 Å². The molecule has 0 saturated carbocycles. The molecule has 1 aromatic carbocycles. The lowest BCUT2D eigenvalue weighted by Crippen LogP contribution is -2.28. The Labute approximate surface area is 124 Å². The van der Waals surface area contributed by atoms with E-state index in [0.717, 1.165) is 10.0 Å². The Morgan fingerprint density at radius 1 is 1.32 bits per heavy atom. The number of hydrogen-bond donors (Lipinski definition) is 2. The van der Waals surface area contributed by atoms with Crippen molar-refractivity contribution in [2.75, 3.05) is 5.32 Å². The predicted molar refractivity (Wildman–Crippen MR) is 81.4 cm³/mol. The Morgan fingerprint density at radius 2 is 2.16 bits per heavy atom. The van der Waals surface area contributed by atoms with Gasteiger partial charge in [0.1, 0.15) is 11.6 Å². The van der Waals surface area contributed by atoms with Gasteiger partial charge in [-0.05, 0) is 58.0 Å². The monoisotopic (exact) mass is 339 g/mol. The van der Waals surface area contributed by atoms with Crippen LogP contribution in [0.3, 0.4) is 0 Å². The van der Waals surface area contributed by atoms with Gasteiger partial charge in [-0.15, -0.1) is 0 Å². The second kappa shape index (κ2) is 6.58. The Hall–Kier alpha value is -1.53. The minimum absolute atomic E-state index is 0.257. The Kier molecular flexibility index (Phi) is 4.81. The summed E-state index contributed by atoms with van der Waals surface area (Å²) in [6.45, 7) is 0.458. The molecule has 0 aliphatic heterocycles. The van der Waals surface area contributed by atoms with Crippen molar-refractivity contribution in [3.05, 3.63) is 58.4 Å². The summed E-state index contributed by atoms with van der Waals surface area (Å²) in [5, 5.41) is 6.38. The van der Waals surface area contributed by atoms with Gasteiger partial charge in [0.25, 0.3) is 0 Å². The molecule has 0 amide bonds. The summed E-state index contributed by atoms with van der Waals surface area (Å²) in [6, 6.07) is 10.0. The fourth-order valence-corrected chi connectivity index (χ4v) is 1.85. The van der Waals surface area contributed by atoms with E-state index < -0.39 is 0 Å². The van der Waals surface area contributed by atoms with Crippen molar-refractivity contribution in [2.45, 2.75) is 6.54 Å². The SMILES string of the molecule is Fc1cccc(CNC(=S)Nc2ccc(Br)cn2)c1. The summed E-state index contributed by atoms with van der Waals surface area (Å²) in [5.74, 6) is 0.396. The number of benzene rings is 1. The van der Waals surface area contributed by atoms with Crippen LogP contribution in [0, 0.1) is 5.82 Å². The van der Waals surface area contributed by atoms with Gasteiger partial charge in [-0.2, -0.15) is 0 Å². The molecule has 2 rings (SSSR count). The van der Waals surface area contributed by atoms with Crippen LogP contribution in [-0.2, 0) is 6.54 Å². The molecule has 0 bridgehead atoms. The smallest absolute Gasteiger partial charge is 0.172 e. The molecule has 0 aliphatic rings. The minimum Gasteiger partial charge on any atom is -0.358 e. The number of hydrogen-bond acceptors (Lipinski definition) is 2. The molecule has 6 heteroatoms. The van der Waals surface area contributed by atoms with Gasteiger partial charge < -0.3 is 10.6 Å². The molecule has 0 saturated heterocycles. The first kappa shape index (κ1) is 13.9. The number of rotatable bonds is 3. The average Bonchev–Trinajstić information content (AvgIpc) is 2.39. The van der Waals surface area contributed by atoms with Gasteiger partial charge in [0, 0.05) is 17.2 Å². The van der Waals surface area contributed by atoms with E-state index in [4.69, 9.17) is 12.2 Å². The summed E-state index contributed by atoms with van der Waals surface area (Å²) >= 11 is 8.44. The summed E-state index contributed by atoms with van der Waals surface area (Å²) < 4.78 is 13.9. The molecule has 98 valence electrons. The highest BCUT2D eigenvalue weighted by Gasteiger charge is 2.00. The maximum Gasteiger partial charge on any atom is 0.172 e. The van der Waals surface area contributed by atoms with Crippen LogP contribution in [0.2, 0.25) is 0 Å². The quantitative estimate of drug-likeness (QED) is 0.839. The average molecular weight is 340 g/mol.